The average molecular weight is 337 g/mol. The second kappa shape index (κ2) is 7.26. The van der Waals surface area contributed by atoms with Crippen LogP contribution in [0.5, 0.6) is 0 Å². The fourth-order valence-corrected chi connectivity index (χ4v) is 3.32. The van der Waals surface area contributed by atoms with Gasteiger partial charge in [0.25, 0.3) is 5.91 Å². The Morgan fingerprint density at radius 3 is 2.52 bits per heavy atom. The van der Waals surface area contributed by atoms with Crippen molar-refractivity contribution < 1.29 is 4.79 Å². The van der Waals surface area contributed by atoms with Crippen LogP contribution in [0.1, 0.15) is 56.0 Å². The number of piperidine rings is 1. The number of anilines is 2. The number of hydrogen-bond acceptors (Lipinski definition) is 3. The Bertz CT molecular complexity index is 743. The summed E-state index contributed by atoms with van der Waals surface area (Å²) in [5.74, 6) is -0.108. The highest BCUT2D eigenvalue weighted by atomic mass is 16.1. The van der Waals surface area contributed by atoms with Gasteiger partial charge in [-0.2, -0.15) is 0 Å². The minimum Gasteiger partial charge on any atom is -0.370 e. The van der Waals surface area contributed by atoms with E-state index in [-0.39, 0.29) is 11.3 Å². The molecular weight excluding hydrogens is 310 g/mol. The highest BCUT2D eigenvalue weighted by molar-refractivity contribution is 6.05. The summed E-state index contributed by atoms with van der Waals surface area (Å²) in [7, 11) is 0. The number of carbonyl (C=O) groups excluding carboxylic acids is 1. The van der Waals surface area contributed by atoms with Crippen molar-refractivity contribution in [2.75, 3.05) is 23.3 Å². The summed E-state index contributed by atoms with van der Waals surface area (Å²) in [6.07, 6.45) is 7.19. The van der Waals surface area contributed by atoms with Gasteiger partial charge in [0.05, 0.1) is 17.4 Å². The fourth-order valence-electron chi connectivity index (χ4n) is 3.32. The number of nitrogens with one attached hydrogen (secondary N) is 1. The van der Waals surface area contributed by atoms with E-state index >= 15 is 0 Å². The van der Waals surface area contributed by atoms with E-state index in [9.17, 15) is 4.79 Å². The van der Waals surface area contributed by atoms with Crippen LogP contribution >= 0.6 is 0 Å². The van der Waals surface area contributed by atoms with Crippen LogP contribution in [0.2, 0.25) is 0 Å². The molecule has 0 aliphatic carbocycles. The van der Waals surface area contributed by atoms with Gasteiger partial charge in [-0.3, -0.25) is 9.78 Å². The first-order chi connectivity index (χ1) is 11.9. The zero-order chi connectivity index (χ0) is 17.9. The summed E-state index contributed by atoms with van der Waals surface area (Å²) in [6, 6.07) is 9.94. The standard InChI is InChI=1S/C21H27N3O/c1-21(2,3)18-9-5-6-10-19(18)23-20(25)16-13-17(15-22-14-16)24-11-7-4-8-12-24/h5-6,9-10,13-15H,4,7-8,11-12H2,1-3H3,(H,23,25). The molecule has 0 unspecified atom stereocenters. The molecule has 4 nitrogen and oxygen atoms in total. The average Bonchev–Trinajstić information content (AvgIpc) is 2.62. The van der Waals surface area contributed by atoms with Gasteiger partial charge in [0, 0.05) is 25.0 Å². The Morgan fingerprint density at radius 1 is 1.08 bits per heavy atom. The molecule has 1 aromatic heterocycles. The van der Waals surface area contributed by atoms with Crippen LogP contribution in [0.4, 0.5) is 11.4 Å². The lowest BCUT2D eigenvalue weighted by Gasteiger charge is -2.28. The van der Waals surface area contributed by atoms with Gasteiger partial charge in [-0.25, -0.2) is 0 Å². The first-order valence-corrected chi connectivity index (χ1v) is 9.06. The minimum atomic E-state index is -0.108. The Morgan fingerprint density at radius 2 is 1.80 bits per heavy atom. The molecule has 1 aliphatic heterocycles. The molecule has 0 saturated carbocycles. The van der Waals surface area contributed by atoms with E-state index in [1.165, 1.54) is 19.3 Å². The molecule has 2 heterocycles. The number of nitrogens with zero attached hydrogens (tertiary/aromatic N) is 2. The normalized spacial score (nSPS) is 15.1. The van der Waals surface area contributed by atoms with Crippen molar-refractivity contribution in [1.29, 1.82) is 0 Å². The van der Waals surface area contributed by atoms with Crippen LogP contribution in [0.15, 0.2) is 42.7 Å². The van der Waals surface area contributed by atoms with Crippen molar-refractivity contribution in [3.8, 4) is 0 Å². The van der Waals surface area contributed by atoms with E-state index in [1.807, 2.05) is 30.5 Å². The van der Waals surface area contributed by atoms with Crippen LogP contribution in [0.3, 0.4) is 0 Å². The SMILES string of the molecule is CC(C)(C)c1ccccc1NC(=O)c1cncc(N2CCCCC2)c1. The molecule has 0 atom stereocenters. The predicted molar refractivity (Wildman–Crippen MR) is 103 cm³/mol. The third-order valence-corrected chi connectivity index (χ3v) is 4.69. The van der Waals surface area contributed by atoms with Gasteiger partial charge in [-0.15, -0.1) is 0 Å². The van der Waals surface area contributed by atoms with Gasteiger partial charge < -0.3 is 10.2 Å². The lowest BCUT2D eigenvalue weighted by molar-refractivity contribution is 0.102. The van der Waals surface area contributed by atoms with Crippen LogP contribution in [-0.4, -0.2) is 24.0 Å². The van der Waals surface area contributed by atoms with E-state index in [0.717, 1.165) is 30.0 Å². The molecule has 3 rings (SSSR count). The Hall–Kier alpha value is -2.36. The number of para-hydroxylation sites is 1. The highest BCUT2D eigenvalue weighted by Crippen LogP contribution is 2.29. The molecule has 0 radical (unpaired) electrons. The topological polar surface area (TPSA) is 45.2 Å². The monoisotopic (exact) mass is 337 g/mol. The zero-order valence-corrected chi connectivity index (χ0v) is 15.4. The molecule has 25 heavy (non-hydrogen) atoms. The number of rotatable bonds is 3. The summed E-state index contributed by atoms with van der Waals surface area (Å²) in [5.41, 5.74) is 3.60. The van der Waals surface area contributed by atoms with Crippen LogP contribution in [0, 0.1) is 0 Å². The van der Waals surface area contributed by atoms with Crippen LogP contribution in [0.25, 0.3) is 0 Å². The Kier molecular flexibility index (Phi) is 5.07. The molecule has 0 spiro atoms. The number of carbonyl (C=O) groups is 1. The first kappa shape index (κ1) is 17.5. The van der Waals surface area contributed by atoms with Gasteiger partial charge in [0.15, 0.2) is 0 Å². The van der Waals surface area contributed by atoms with Crippen molar-refractivity contribution in [2.24, 2.45) is 0 Å². The van der Waals surface area contributed by atoms with Gasteiger partial charge in [-0.05, 0) is 42.4 Å². The molecule has 0 bridgehead atoms. The third-order valence-electron chi connectivity index (χ3n) is 4.69. The largest absolute Gasteiger partial charge is 0.370 e. The summed E-state index contributed by atoms with van der Waals surface area (Å²) in [5, 5.41) is 3.07. The van der Waals surface area contributed by atoms with Crippen molar-refractivity contribution in [3.63, 3.8) is 0 Å². The fraction of sp³-hybridized carbons (Fsp3) is 0.429. The van der Waals surface area contributed by atoms with E-state index in [1.54, 1.807) is 6.20 Å². The van der Waals surface area contributed by atoms with E-state index in [2.05, 4.69) is 42.0 Å². The van der Waals surface area contributed by atoms with E-state index < -0.39 is 0 Å². The van der Waals surface area contributed by atoms with Gasteiger partial charge in [0.1, 0.15) is 0 Å². The predicted octanol–water partition coefficient (Wildman–Crippen LogP) is 4.62. The molecule has 1 amide bonds. The van der Waals surface area contributed by atoms with Crippen molar-refractivity contribution in [1.82, 2.24) is 4.98 Å². The van der Waals surface area contributed by atoms with Crippen molar-refractivity contribution >= 4 is 17.3 Å². The number of pyridine rings is 1. The van der Waals surface area contributed by atoms with Crippen molar-refractivity contribution in [2.45, 2.75) is 45.4 Å². The minimum absolute atomic E-state index is 0.0300. The Balaban J connectivity index is 1.80. The second-order valence-electron chi connectivity index (χ2n) is 7.73. The van der Waals surface area contributed by atoms with Crippen molar-refractivity contribution in [3.05, 3.63) is 53.9 Å². The lowest BCUT2D eigenvalue weighted by atomic mass is 9.86. The summed E-state index contributed by atoms with van der Waals surface area (Å²) < 4.78 is 0. The molecule has 4 heteroatoms. The molecule has 1 fully saturated rings. The number of benzene rings is 1. The maximum Gasteiger partial charge on any atom is 0.257 e. The second-order valence-corrected chi connectivity index (χ2v) is 7.73. The van der Waals surface area contributed by atoms with E-state index in [0.29, 0.717) is 5.56 Å². The zero-order valence-electron chi connectivity index (χ0n) is 15.4. The number of hydrogen-bond donors (Lipinski definition) is 1. The maximum absolute atomic E-state index is 12.8. The van der Waals surface area contributed by atoms with Gasteiger partial charge in [-0.1, -0.05) is 39.0 Å². The van der Waals surface area contributed by atoms with Gasteiger partial charge in [0.2, 0.25) is 0 Å². The van der Waals surface area contributed by atoms with Crippen LogP contribution < -0.4 is 10.2 Å². The number of amides is 1. The maximum atomic E-state index is 12.8. The quantitative estimate of drug-likeness (QED) is 0.889. The first-order valence-electron chi connectivity index (χ1n) is 9.06. The lowest BCUT2D eigenvalue weighted by Crippen LogP contribution is -2.29. The summed E-state index contributed by atoms with van der Waals surface area (Å²) in [6.45, 7) is 8.53. The molecule has 2 aromatic rings. The van der Waals surface area contributed by atoms with Gasteiger partial charge >= 0.3 is 0 Å². The highest BCUT2D eigenvalue weighted by Gasteiger charge is 2.19. The Labute approximate surface area is 150 Å². The summed E-state index contributed by atoms with van der Waals surface area (Å²) in [4.78, 5) is 19.4. The van der Waals surface area contributed by atoms with E-state index in [4.69, 9.17) is 0 Å². The molecule has 1 saturated heterocycles. The molecule has 1 aromatic carbocycles. The molecule has 1 N–H and O–H groups in total. The van der Waals surface area contributed by atoms with Crippen LogP contribution in [-0.2, 0) is 5.41 Å². The molecular formula is C21H27N3O. The smallest absolute Gasteiger partial charge is 0.257 e. The molecule has 132 valence electrons. The number of aromatic nitrogens is 1. The molecule has 1 aliphatic rings. The summed E-state index contributed by atoms with van der Waals surface area (Å²) >= 11 is 0. The third kappa shape index (κ3) is 4.19.